The smallest absolute Gasteiger partial charge is 0.410 e. The molecule has 1 saturated heterocycles. The molecule has 1 aliphatic rings. The molecule has 2 atom stereocenters. The van der Waals surface area contributed by atoms with Crippen molar-refractivity contribution in [2.24, 2.45) is 5.73 Å². The third kappa shape index (κ3) is 3.78. The van der Waals surface area contributed by atoms with Crippen LogP contribution < -0.4 is 5.73 Å². The van der Waals surface area contributed by atoms with E-state index in [0.717, 1.165) is 4.90 Å². The van der Waals surface area contributed by atoms with Crippen molar-refractivity contribution in [1.29, 1.82) is 0 Å². The molecular weight excluding hydrogens is 246 g/mol. The Hall–Kier alpha value is -0.950. The SMILES string of the molecule is C[C@@H]1OC(F)(F)CN(C(=O)OC(C)(C)C)[C@@H]1CN. The van der Waals surface area contributed by atoms with Gasteiger partial charge in [0.25, 0.3) is 0 Å². The molecule has 0 bridgehead atoms. The summed E-state index contributed by atoms with van der Waals surface area (Å²) in [6, 6.07) is -0.612. The minimum atomic E-state index is -3.37. The average Bonchev–Trinajstić information content (AvgIpc) is 2.12. The number of ether oxygens (including phenoxy) is 2. The van der Waals surface area contributed by atoms with Crippen molar-refractivity contribution in [2.75, 3.05) is 13.1 Å². The van der Waals surface area contributed by atoms with Crippen LogP contribution in [0.1, 0.15) is 27.7 Å². The second-order valence-corrected chi connectivity index (χ2v) is 5.37. The Bertz CT molecular complexity index is 318. The van der Waals surface area contributed by atoms with E-state index in [-0.39, 0.29) is 6.54 Å². The number of nitrogens with zero attached hydrogens (tertiary/aromatic N) is 1. The lowest BCUT2D eigenvalue weighted by Gasteiger charge is -2.42. The zero-order chi connectivity index (χ0) is 14.1. The predicted octanol–water partition coefficient (Wildman–Crippen LogP) is 1.56. The Kier molecular flexibility index (Phi) is 4.17. The Morgan fingerprint density at radius 3 is 2.56 bits per heavy atom. The molecule has 0 saturated carbocycles. The van der Waals surface area contributed by atoms with Gasteiger partial charge in [-0.05, 0) is 27.7 Å². The summed E-state index contributed by atoms with van der Waals surface area (Å²) in [5.74, 6) is 0. The number of morpholine rings is 1. The summed E-state index contributed by atoms with van der Waals surface area (Å²) >= 11 is 0. The first-order chi connectivity index (χ1) is 8.06. The van der Waals surface area contributed by atoms with E-state index >= 15 is 0 Å². The molecule has 1 amide bonds. The highest BCUT2D eigenvalue weighted by atomic mass is 19.3. The van der Waals surface area contributed by atoms with Crippen molar-refractivity contribution < 1.29 is 23.0 Å². The van der Waals surface area contributed by atoms with Crippen molar-refractivity contribution in [3.05, 3.63) is 0 Å². The molecule has 1 fully saturated rings. The van der Waals surface area contributed by atoms with E-state index in [1.807, 2.05) is 0 Å². The second-order valence-electron chi connectivity index (χ2n) is 5.37. The Morgan fingerprint density at radius 2 is 2.11 bits per heavy atom. The Morgan fingerprint density at radius 1 is 1.56 bits per heavy atom. The van der Waals surface area contributed by atoms with Crippen LogP contribution in [0.15, 0.2) is 0 Å². The topological polar surface area (TPSA) is 64.8 Å². The largest absolute Gasteiger partial charge is 0.444 e. The van der Waals surface area contributed by atoms with Crippen LogP contribution >= 0.6 is 0 Å². The maximum atomic E-state index is 13.3. The van der Waals surface area contributed by atoms with Crippen molar-refractivity contribution in [2.45, 2.75) is 51.6 Å². The quantitative estimate of drug-likeness (QED) is 0.782. The molecule has 1 heterocycles. The van der Waals surface area contributed by atoms with Gasteiger partial charge in [-0.25, -0.2) is 4.79 Å². The molecule has 106 valence electrons. The summed E-state index contributed by atoms with van der Waals surface area (Å²) < 4.78 is 36.2. The minimum Gasteiger partial charge on any atom is -0.444 e. The molecule has 0 unspecified atom stereocenters. The van der Waals surface area contributed by atoms with Crippen molar-refractivity contribution >= 4 is 6.09 Å². The summed E-state index contributed by atoms with van der Waals surface area (Å²) in [5.41, 5.74) is 4.76. The van der Waals surface area contributed by atoms with E-state index in [0.29, 0.717) is 0 Å². The van der Waals surface area contributed by atoms with Gasteiger partial charge in [-0.15, -0.1) is 0 Å². The van der Waals surface area contributed by atoms with E-state index in [1.165, 1.54) is 6.92 Å². The van der Waals surface area contributed by atoms with E-state index in [1.54, 1.807) is 20.8 Å². The summed E-state index contributed by atoms with van der Waals surface area (Å²) in [4.78, 5) is 12.8. The van der Waals surface area contributed by atoms with Gasteiger partial charge in [0.15, 0.2) is 0 Å². The second kappa shape index (κ2) is 4.97. The summed E-state index contributed by atoms with van der Waals surface area (Å²) in [5, 5.41) is 0. The van der Waals surface area contributed by atoms with Crippen LogP contribution in [0.4, 0.5) is 13.6 Å². The van der Waals surface area contributed by atoms with Crippen LogP contribution in [0, 0.1) is 0 Å². The first kappa shape index (κ1) is 15.1. The van der Waals surface area contributed by atoms with Crippen molar-refractivity contribution in [3.8, 4) is 0 Å². The highest BCUT2D eigenvalue weighted by molar-refractivity contribution is 5.69. The van der Waals surface area contributed by atoms with Crippen LogP contribution in [0.2, 0.25) is 0 Å². The van der Waals surface area contributed by atoms with Gasteiger partial charge >= 0.3 is 12.2 Å². The number of carbonyl (C=O) groups excluding carboxylic acids is 1. The minimum absolute atomic E-state index is 0.0382. The van der Waals surface area contributed by atoms with E-state index in [4.69, 9.17) is 10.5 Å². The fraction of sp³-hybridized carbons (Fsp3) is 0.909. The van der Waals surface area contributed by atoms with E-state index in [2.05, 4.69) is 4.74 Å². The van der Waals surface area contributed by atoms with Gasteiger partial charge in [0.1, 0.15) is 12.1 Å². The third-order valence-corrected chi connectivity index (χ3v) is 2.52. The lowest BCUT2D eigenvalue weighted by atomic mass is 10.1. The highest BCUT2D eigenvalue weighted by Crippen LogP contribution is 2.29. The van der Waals surface area contributed by atoms with Gasteiger partial charge in [-0.2, -0.15) is 8.78 Å². The van der Waals surface area contributed by atoms with Gasteiger partial charge in [0.2, 0.25) is 0 Å². The maximum Gasteiger partial charge on any atom is 0.410 e. The number of amides is 1. The van der Waals surface area contributed by atoms with Crippen LogP contribution in [-0.4, -0.2) is 47.9 Å². The summed E-state index contributed by atoms with van der Waals surface area (Å²) in [6.45, 7) is 5.67. The van der Waals surface area contributed by atoms with Gasteiger partial charge in [0.05, 0.1) is 12.1 Å². The molecule has 5 nitrogen and oxygen atoms in total. The molecule has 0 aliphatic carbocycles. The van der Waals surface area contributed by atoms with Crippen LogP contribution in [0.25, 0.3) is 0 Å². The Labute approximate surface area is 105 Å². The van der Waals surface area contributed by atoms with Crippen molar-refractivity contribution in [3.63, 3.8) is 0 Å². The highest BCUT2D eigenvalue weighted by Gasteiger charge is 2.47. The maximum absolute atomic E-state index is 13.3. The number of alkyl halides is 2. The van der Waals surface area contributed by atoms with Crippen LogP contribution in [0.3, 0.4) is 0 Å². The number of rotatable bonds is 1. The van der Waals surface area contributed by atoms with Crippen LogP contribution in [-0.2, 0) is 9.47 Å². The molecule has 0 spiro atoms. The fourth-order valence-electron chi connectivity index (χ4n) is 1.80. The standard InChI is InChI=1S/C11H20F2N2O3/c1-7-8(5-14)15(6-11(12,13)17-7)9(16)18-10(2,3)4/h7-8H,5-6,14H2,1-4H3/t7-,8+/m0/s1. The average molecular weight is 266 g/mol. The molecule has 0 aromatic carbocycles. The molecule has 0 aromatic heterocycles. The van der Waals surface area contributed by atoms with Gasteiger partial charge < -0.3 is 15.2 Å². The van der Waals surface area contributed by atoms with Crippen LogP contribution in [0.5, 0.6) is 0 Å². The number of nitrogens with two attached hydrogens (primary N) is 1. The summed E-state index contributed by atoms with van der Waals surface area (Å²) in [6.07, 6.45) is -5.01. The number of hydrogen-bond donors (Lipinski definition) is 1. The number of halogens is 2. The first-order valence-corrected chi connectivity index (χ1v) is 5.81. The van der Waals surface area contributed by atoms with Crippen molar-refractivity contribution in [1.82, 2.24) is 4.90 Å². The number of carbonyl (C=O) groups is 1. The van der Waals surface area contributed by atoms with Gasteiger partial charge in [-0.3, -0.25) is 4.90 Å². The predicted molar refractivity (Wildman–Crippen MR) is 61.3 cm³/mol. The normalized spacial score (nSPS) is 28.1. The first-order valence-electron chi connectivity index (χ1n) is 5.81. The molecule has 0 aromatic rings. The monoisotopic (exact) mass is 266 g/mol. The molecule has 1 rings (SSSR count). The Balaban J connectivity index is 2.85. The zero-order valence-corrected chi connectivity index (χ0v) is 11.1. The molecule has 18 heavy (non-hydrogen) atoms. The molecule has 7 heteroatoms. The van der Waals surface area contributed by atoms with Gasteiger partial charge in [-0.1, -0.05) is 0 Å². The molecular formula is C11H20F2N2O3. The van der Waals surface area contributed by atoms with Gasteiger partial charge in [0, 0.05) is 6.54 Å². The lowest BCUT2D eigenvalue weighted by Crippen LogP contribution is -2.61. The lowest BCUT2D eigenvalue weighted by molar-refractivity contribution is -0.300. The molecule has 1 aliphatic heterocycles. The van der Waals surface area contributed by atoms with E-state index in [9.17, 15) is 13.6 Å². The zero-order valence-electron chi connectivity index (χ0n) is 11.1. The fourth-order valence-corrected chi connectivity index (χ4v) is 1.80. The van der Waals surface area contributed by atoms with E-state index < -0.39 is 36.5 Å². The third-order valence-electron chi connectivity index (χ3n) is 2.52. The molecule has 2 N–H and O–H groups in total. The number of hydrogen-bond acceptors (Lipinski definition) is 4. The molecule has 0 radical (unpaired) electrons. The summed E-state index contributed by atoms with van der Waals surface area (Å²) in [7, 11) is 0.